The van der Waals surface area contributed by atoms with Gasteiger partial charge in [0.05, 0.1) is 14.2 Å². The molecular formula is C23H26N6O3. The van der Waals surface area contributed by atoms with Crippen molar-refractivity contribution in [1.82, 2.24) is 24.6 Å². The summed E-state index contributed by atoms with van der Waals surface area (Å²) in [7, 11) is 3.26. The predicted molar refractivity (Wildman–Crippen MR) is 118 cm³/mol. The zero-order valence-electron chi connectivity index (χ0n) is 18.2. The van der Waals surface area contributed by atoms with Gasteiger partial charge in [-0.05, 0) is 42.2 Å². The molecule has 5 rings (SSSR count). The summed E-state index contributed by atoms with van der Waals surface area (Å²) >= 11 is 0. The third-order valence-corrected chi connectivity index (χ3v) is 6.33. The smallest absolute Gasteiger partial charge is 0.293 e. The van der Waals surface area contributed by atoms with Gasteiger partial charge in [-0.2, -0.15) is 0 Å². The molecule has 0 radical (unpaired) electrons. The summed E-state index contributed by atoms with van der Waals surface area (Å²) in [5, 5.41) is 11.4. The van der Waals surface area contributed by atoms with Crippen molar-refractivity contribution in [3.05, 3.63) is 59.8 Å². The van der Waals surface area contributed by atoms with Crippen LogP contribution in [0.5, 0.6) is 11.6 Å². The first-order chi connectivity index (χ1) is 15.6. The zero-order valence-corrected chi connectivity index (χ0v) is 18.2. The third-order valence-electron chi connectivity index (χ3n) is 6.33. The van der Waals surface area contributed by atoms with Crippen LogP contribution in [-0.4, -0.2) is 57.9 Å². The van der Waals surface area contributed by atoms with Crippen molar-refractivity contribution in [2.45, 2.75) is 19.5 Å². The van der Waals surface area contributed by atoms with Crippen molar-refractivity contribution in [2.75, 3.05) is 32.6 Å². The van der Waals surface area contributed by atoms with E-state index < -0.39 is 0 Å². The highest BCUT2D eigenvalue weighted by Crippen LogP contribution is 2.34. The highest BCUT2D eigenvalue weighted by Gasteiger charge is 2.39. The maximum atomic E-state index is 12.9. The Morgan fingerprint density at radius 2 is 1.88 bits per heavy atom. The number of aromatic nitrogens is 4. The minimum absolute atomic E-state index is 0.248. The maximum absolute atomic E-state index is 12.9. The summed E-state index contributed by atoms with van der Waals surface area (Å²) in [6.07, 6.45) is 2.57. The molecule has 1 saturated heterocycles. The van der Waals surface area contributed by atoms with Crippen LogP contribution >= 0.6 is 0 Å². The number of methoxy groups -OCH3 is 2. The van der Waals surface area contributed by atoms with Crippen LogP contribution < -0.4 is 14.8 Å². The van der Waals surface area contributed by atoms with Gasteiger partial charge in [0, 0.05) is 50.0 Å². The lowest BCUT2D eigenvalue weighted by atomic mass is 9.89. The quantitative estimate of drug-likeness (QED) is 0.636. The Balaban J connectivity index is 1.26. The topological polar surface area (TPSA) is 94.4 Å². The van der Waals surface area contributed by atoms with Gasteiger partial charge in [0.15, 0.2) is 0 Å². The van der Waals surface area contributed by atoms with E-state index in [1.54, 1.807) is 20.4 Å². The SMILES string of the molecule is COc1ccc(NC(=O)c2nnc3n2C[C@@H]2CN(Cc4cccnc4OC)C[C@H]2C3)cc1. The number of likely N-dealkylation sites (tertiary alicyclic amines) is 1. The van der Waals surface area contributed by atoms with Crippen molar-refractivity contribution in [3.8, 4) is 11.6 Å². The fourth-order valence-corrected chi connectivity index (χ4v) is 4.75. The molecular weight excluding hydrogens is 408 g/mol. The average molecular weight is 435 g/mol. The molecule has 1 fully saturated rings. The lowest BCUT2D eigenvalue weighted by Gasteiger charge is -2.25. The average Bonchev–Trinajstić information content (AvgIpc) is 3.41. The van der Waals surface area contributed by atoms with E-state index in [9.17, 15) is 4.79 Å². The van der Waals surface area contributed by atoms with Crippen LogP contribution in [0.15, 0.2) is 42.6 Å². The highest BCUT2D eigenvalue weighted by molar-refractivity contribution is 6.01. The molecule has 0 saturated carbocycles. The zero-order chi connectivity index (χ0) is 22.1. The number of nitrogens with zero attached hydrogens (tertiary/aromatic N) is 5. The van der Waals surface area contributed by atoms with Gasteiger partial charge in [0.1, 0.15) is 11.6 Å². The molecule has 0 bridgehead atoms. The summed E-state index contributed by atoms with van der Waals surface area (Å²) < 4.78 is 12.6. The number of rotatable bonds is 6. The molecule has 1 N–H and O–H groups in total. The Kier molecular flexibility index (Phi) is 5.48. The maximum Gasteiger partial charge on any atom is 0.293 e. The Bertz CT molecular complexity index is 1110. The third kappa shape index (κ3) is 3.91. The number of ether oxygens (including phenoxy) is 2. The first-order valence-electron chi connectivity index (χ1n) is 10.7. The minimum atomic E-state index is -0.248. The van der Waals surface area contributed by atoms with E-state index in [0.29, 0.717) is 29.2 Å². The molecule has 9 heteroatoms. The fraction of sp³-hybridized carbons (Fsp3) is 0.391. The van der Waals surface area contributed by atoms with Gasteiger partial charge in [-0.25, -0.2) is 4.98 Å². The minimum Gasteiger partial charge on any atom is -0.497 e. The molecule has 1 amide bonds. The van der Waals surface area contributed by atoms with Crippen molar-refractivity contribution in [1.29, 1.82) is 0 Å². The normalized spacial score (nSPS) is 19.8. The Morgan fingerprint density at radius 3 is 2.66 bits per heavy atom. The summed E-state index contributed by atoms with van der Waals surface area (Å²) in [4.78, 5) is 19.6. The van der Waals surface area contributed by atoms with Crippen LogP contribution in [0.25, 0.3) is 0 Å². The van der Waals surface area contributed by atoms with E-state index in [1.807, 2.05) is 34.9 Å². The number of benzene rings is 1. The molecule has 2 aromatic heterocycles. The van der Waals surface area contributed by atoms with E-state index in [2.05, 4.69) is 31.5 Å². The number of carbonyl (C=O) groups excluding carboxylic acids is 1. The van der Waals surface area contributed by atoms with E-state index >= 15 is 0 Å². The van der Waals surface area contributed by atoms with Gasteiger partial charge in [0.25, 0.3) is 5.91 Å². The molecule has 2 atom stereocenters. The number of anilines is 1. The second kappa shape index (κ2) is 8.58. The molecule has 1 aromatic carbocycles. The van der Waals surface area contributed by atoms with Crippen LogP contribution in [0.1, 0.15) is 22.0 Å². The van der Waals surface area contributed by atoms with Crippen LogP contribution in [0.3, 0.4) is 0 Å². The molecule has 0 aliphatic carbocycles. The summed E-state index contributed by atoms with van der Waals surface area (Å²) in [5.74, 6) is 3.37. The Hall–Kier alpha value is -3.46. The van der Waals surface area contributed by atoms with Gasteiger partial charge in [-0.15, -0.1) is 10.2 Å². The van der Waals surface area contributed by atoms with E-state index in [4.69, 9.17) is 9.47 Å². The van der Waals surface area contributed by atoms with Gasteiger partial charge in [-0.1, -0.05) is 6.07 Å². The first-order valence-corrected chi connectivity index (χ1v) is 10.7. The van der Waals surface area contributed by atoms with Gasteiger partial charge >= 0.3 is 0 Å². The van der Waals surface area contributed by atoms with Crippen LogP contribution in [0.2, 0.25) is 0 Å². The number of amides is 1. The number of carbonyl (C=O) groups is 1. The Labute approximate surface area is 186 Å². The van der Waals surface area contributed by atoms with Crippen molar-refractivity contribution in [2.24, 2.45) is 11.8 Å². The summed E-state index contributed by atoms with van der Waals surface area (Å²) in [6.45, 7) is 3.50. The second-order valence-electron chi connectivity index (χ2n) is 8.32. The highest BCUT2D eigenvalue weighted by atomic mass is 16.5. The lowest BCUT2D eigenvalue weighted by Crippen LogP contribution is -2.31. The molecule has 4 heterocycles. The largest absolute Gasteiger partial charge is 0.497 e. The number of pyridine rings is 1. The van der Waals surface area contributed by atoms with Crippen molar-refractivity contribution < 1.29 is 14.3 Å². The van der Waals surface area contributed by atoms with Crippen molar-refractivity contribution >= 4 is 11.6 Å². The van der Waals surface area contributed by atoms with E-state index in [-0.39, 0.29) is 5.91 Å². The van der Waals surface area contributed by atoms with Crippen LogP contribution in [0.4, 0.5) is 5.69 Å². The number of hydrogen-bond donors (Lipinski definition) is 1. The molecule has 9 nitrogen and oxygen atoms in total. The molecule has 166 valence electrons. The van der Waals surface area contributed by atoms with Crippen LogP contribution in [0, 0.1) is 11.8 Å². The van der Waals surface area contributed by atoms with Gasteiger partial charge in [-0.3, -0.25) is 9.69 Å². The van der Waals surface area contributed by atoms with Gasteiger partial charge < -0.3 is 19.4 Å². The summed E-state index contributed by atoms with van der Waals surface area (Å²) in [6, 6.07) is 11.2. The second-order valence-corrected chi connectivity index (χ2v) is 8.32. The van der Waals surface area contributed by atoms with Crippen LogP contribution in [-0.2, 0) is 19.5 Å². The predicted octanol–water partition coefficient (Wildman–Crippen LogP) is 2.25. The van der Waals surface area contributed by atoms with E-state index in [0.717, 1.165) is 49.7 Å². The standard InChI is InChI=1S/C23H26N6O3/c1-31-19-7-5-18(6-8-19)25-22(30)21-27-26-20-10-16-12-28(13-17(16)14-29(20)21)11-15-4-3-9-24-23(15)32-2/h3-9,16-17H,10-14H2,1-2H3,(H,25,30)/t16-,17+/m1/s1. The fourth-order valence-electron chi connectivity index (χ4n) is 4.75. The molecule has 0 unspecified atom stereocenters. The molecule has 3 aromatic rings. The number of fused-ring (bicyclic) bond motifs is 2. The number of nitrogens with one attached hydrogen (secondary N) is 1. The first kappa shape index (κ1) is 20.4. The Morgan fingerprint density at radius 1 is 1.06 bits per heavy atom. The lowest BCUT2D eigenvalue weighted by molar-refractivity contribution is 0.100. The number of hydrogen-bond acceptors (Lipinski definition) is 7. The molecule has 32 heavy (non-hydrogen) atoms. The molecule has 2 aliphatic heterocycles. The summed E-state index contributed by atoms with van der Waals surface area (Å²) in [5.41, 5.74) is 1.78. The molecule has 2 aliphatic rings. The monoisotopic (exact) mass is 434 g/mol. The molecule has 0 spiro atoms. The van der Waals surface area contributed by atoms with E-state index in [1.165, 1.54) is 0 Å². The van der Waals surface area contributed by atoms with Gasteiger partial charge in [0.2, 0.25) is 11.7 Å². The van der Waals surface area contributed by atoms with Crippen molar-refractivity contribution in [3.63, 3.8) is 0 Å².